The first-order chi connectivity index (χ1) is 14.3. The molecule has 1 saturated heterocycles. The van der Waals surface area contributed by atoms with Gasteiger partial charge in [0.1, 0.15) is 0 Å². The molecular formula is C18H20Cl2N4O3S3. The van der Waals surface area contributed by atoms with Gasteiger partial charge in [-0.15, -0.1) is 16.8 Å². The molecule has 3 rings (SSSR count). The first kappa shape index (κ1) is 23.5. The molecule has 1 aliphatic rings. The molecule has 162 valence electrons. The highest BCUT2D eigenvalue weighted by molar-refractivity contribution is 8.01. The topological polar surface area (TPSA) is 92.3 Å². The predicted molar refractivity (Wildman–Crippen MR) is 123 cm³/mol. The third-order valence-electron chi connectivity index (χ3n) is 4.44. The Morgan fingerprint density at radius 1 is 1.37 bits per heavy atom. The summed E-state index contributed by atoms with van der Waals surface area (Å²) in [7, 11) is -3.60. The van der Waals surface area contributed by atoms with Crippen molar-refractivity contribution in [2.24, 2.45) is 5.92 Å². The van der Waals surface area contributed by atoms with Gasteiger partial charge in [0.25, 0.3) is 0 Å². The predicted octanol–water partition coefficient (Wildman–Crippen LogP) is 4.30. The van der Waals surface area contributed by atoms with Gasteiger partial charge < -0.3 is 5.32 Å². The van der Waals surface area contributed by atoms with Gasteiger partial charge in [0.15, 0.2) is 4.34 Å². The van der Waals surface area contributed by atoms with E-state index in [1.165, 1.54) is 27.4 Å². The van der Waals surface area contributed by atoms with E-state index >= 15 is 0 Å². The van der Waals surface area contributed by atoms with Crippen LogP contribution in [0.2, 0.25) is 10.0 Å². The molecule has 0 aliphatic carbocycles. The summed E-state index contributed by atoms with van der Waals surface area (Å²) in [5.41, 5.74) is 0.550. The summed E-state index contributed by atoms with van der Waals surface area (Å²) in [6, 6.07) is 4.76. The highest BCUT2D eigenvalue weighted by Gasteiger charge is 2.33. The van der Waals surface area contributed by atoms with E-state index in [1.807, 2.05) is 0 Å². The highest BCUT2D eigenvalue weighted by atomic mass is 35.5. The molecule has 0 saturated carbocycles. The van der Waals surface area contributed by atoms with Crippen LogP contribution in [0.15, 0.2) is 35.2 Å². The monoisotopic (exact) mass is 506 g/mol. The van der Waals surface area contributed by atoms with Gasteiger partial charge in [-0.25, -0.2) is 12.7 Å². The molecule has 1 N–H and O–H groups in total. The van der Waals surface area contributed by atoms with Gasteiger partial charge in [-0.2, -0.15) is 0 Å². The summed E-state index contributed by atoms with van der Waals surface area (Å²) in [4.78, 5) is 12.7. The number of carbonyl (C=O) groups excluding carboxylic acids is 1. The molecule has 0 bridgehead atoms. The second-order valence-electron chi connectivity index (χ2n) is 6.66. The Labute approximate surface area is 193 Å². The van der Waals surface area contributed by atoms with Crippen LogP contribution in [-0.4, -0.2) is 47.7 Å². The van der Waals surface area contributed by atoms with Crippen molar-refractivity contribution >= 4 is 67.4 Å². The average molecular weight is 507 g/mol. The largest absolute Gasteiger partial charge is 0.300 e. The summed E-state index contributed by atoms with van der Waals surface area (Å²) >= 11 is 14.6. The number of sulfonamides is 1. The van der Waals surface area contributed by atoms with Crippen LogP contribution in [0.1, 0.15) is 18.4 Å². The van der Waals surface area contributed by atoms with Crippen molar-refractivity contribution in [1.82, 2.24) is 14.5 Å². The van der Waals surface area contributed by atoms with E-state index in [9.17, 15) is 13.2 Å². The van der Waals surface area contributed by atoms with Gasteiger partial charge in [0.2, 0.25) is 21.1 Å². The molecule has 0 unspecified atom stereocenters. The van der Waals surface area contributed by atoms with Gasteiger partial charge in [0, 0.05) is 18.8 Å². The molecule has 2 heterocycles. The van der Waals surface area contributed by atoms with Crippen LogP contribution < -0.4 is 5.32 Å². The number of hydrogen-bond acceptors (Lipinski definition) is 7. The minimum Gasteiger partial charge on any atom is -0.300 e. The summed E-state index contributed by atoms with van der Waals surface area (Å²) in [6.45, 7) is 4.17. The SMILES string of the molecule is C=CCSc1nnc(NC(=O)[C@H]2CCCN(S(=O)(=O)Cc3ccc(Cl)c(Cl)c3)C2)s1. The maximum Gasteiger partial charge on any atom is 0.230 e. The number of thioether (sulfide) groups is 1. The van der Waals surface area contributed by atoms with Crippen molar-refractivity contribution in [3.63, 3.8) is 0 Å². The van der Waals surface area contributed by atoms with Crippen molar-refractivity contribution in [1.29, 1.82) is 0 Å². The molecule has 0 spiro atoms. The second kappa shape index (κ2) is 10.4. The van der Waals surface area contributed by atoms with Crippen LogP contribution >= 0.6 is 46.3 Å². The van der Waals surface area contributed by atoms with Crippen molar-refractivity contribution in [3.8, 4) is 0 Å². The first-order valence-corrected chi connectivity index (χ1v) is 13.2. The number of carbonyl (C=O) groups is 1. The number of rotatable bonds is 8. The minimum atomic E-state index is -3.60. The molecule has 1 atom stereocenters. The minimum absolute atomic E-state index is 0.131. The number of halogens is 2. The standard InChI is InChI=1S/C18H20Cl2N4O3S3/c1-2-8-28-18-23-22-17(29-18)21-16(25)13-4-3-7-24(10-13)30(26,27)11-12-5-6-14(19)15(20)9-12/h2,5-6,9,13H,1,3-4,7-8,10-11H2,(H,21,22,25)/t13-/m0/s1. The van der Waals surface area contributed by atoms with Crippen LogP contribution in [-0.2, 0) is 20.6 Å². The molecule has 1 fully saturated rings. The Morgan fingerprint density at radius 2 is 2.17 bits per heavy atom. The lowest BCUT2D eigenvalue weighted by atomic mass is 9.99. The Bertz CT molecular complexity index is 1030. The van der Waals surface area contributed by atoms with E-state index in [0.29, 0.717) is 45.9 Å². The summed E-state index contributed by atoms with van der Waals surface area (Å²) in [5.74, 6) is -0.189. The molecule has 2 aromatic rings. The molecule has 30 heavy (non-hydrogen) atoms. The number of piperidine rings is 1. The van der Waals surface area contributed by atoms with Crippen molar-refractivity contribution in [2.45, 2.75) is 22.9 Å². The molecular weight excluding hydrogens is 487 g/mol. The fourth-order valence-corrected chi connectivity index (χ4v) is 6.43. The first-order valence-electron chi connectivity index (χ1n) is 9.08. The van der Waals surface area contributed by atoms with Crippen molar-refractivity contribution in [3.05, 3.63) is 46.5 Å². The molecule has 1 amide bonds. The maximum absolute atomic E-state index is 12.9. The Kier molecular flexibility index (Phi) is 8.17. The zero-order valence-corrected chi connectivity index (χ0v) is 19.8. The summed E-state index contributed by atoms with van der Waals surface area (Å²) in [5, 5.41) is 11.8. The van der Waals surface area contributed by atoms with Crippen LogP contribution in [0.4, 0.5) is 5.13 Å². The average Bonchev–Trinajstić information content (AvgIpc) is 3.16. The molecule has 0 radical (unpaired) electrons. The quantitative estimate of drug-likeness (QED) is 0.325. The Hall–Kier alpha value is -1.17. The lowest BCUT2D eigenvalue weighted by Gasteiger charge is -2.31. The number of amides is 1. The maximum atomic E-state index is 12.9. The number of hydrogen-bond donors (Lipinski definition) is 1. The van der Waals surface area contributed by atoms with E-state index in [1.54, 1.807) is 24.3 Å². The van der Waals surface area contributed by atoms with Gasteiger partial charge in [0.05, 0.1) is 21.7 Å². The van der Waals surface area contributed by atoms with Crippen LogP contribution in [0, 0.1) is 5.92 Å². The molecule has 1 aromatic heterocycles. The lowest BCUT2D eigenvalue weighted by Crippen LogP contribution is -2.44. The lowest BCUT2D eigenvalue weighted by molar-refractivity contribution is -0.120. The third kappa shape index (κ3) is 6.18. The van der Waals surface area contributed by atoms with Gasteiger partial charge >= 0.3 is 0 Å². The molecule has 1 aromatic carbocycles. The second-order valence-corrected chi connectivity index (χ2v) is 11.7. The highest BCUT2D eigenvalue weighted by Crippen LogP contribution is 2.28. The zero-order valence-electron chi connectivity index (χ0n) is 15.9. The number of anilines is 1. The zero-order chi connectivity index (χ0) is 21.7. The van der Waals surface area contributed by atoms with Crippen molar-refractivity contribution < 1.29 is 13.2 Å². The summed E-state index contributed by atoms with van der Waals surface area (Å²) in [6.07, 6.45) is 2.98. The smallest absolute Gasteiger partial charge is 0.230 e. The van der Waals surface area contributed by atoms with Crippen LogP contribution in [0.3, 0.4) is 0 Å². The van der Waals surface area contributed by atoms with E-state index < -0.39 is 15.9 Å². The third-order valence-corrected chi connectivity index (χ3v) is 8.97. The fraction of sp³-hybridized carbons (Fsp3) is 0.389. The van der Waals surface area contributed by atoms with E-state index in [-0.39, 0.29) is 18.2 Å². The van der Waals surface area contributed by atoms with Crippen LogP contribution in [0.5, 0.6) is 0 Å². The van der Waals surface area contributed by atoms with Gasteiger partial charge in [-0.3, -0.25) is 4.79 Å². The number of aromatic nitrogens is 2. The fourth-order valence-electron chi connectivity index (χ4n) is 3.00. The van der Waals surface area contributed by atoms with Gasteiger partial charge in [-0.1, -0.05) is 58.4 Å². The number of nitrogens with one attached hydrogen (secondary N) is 1. The van der Waals surface area contributed by atoms with E-state index in [4.69, 9.17) is 23.2 Å². The van der Waals surface area contributed by atoms with E-state index in [2.05, 4.69) is 22.1 Å². The van der Waals surface area contributed by atoms with Crippen LogP contribution in [0.25, 0.3) is 0 Å². The molecule has 12 heteroatoms. The van der Waals surface area contributed by atoms with Crippen molar-refractivity contribution in [2.75, 3.05) is 24.2 Å². The normalized spacial score (nSPS) is 17.6. The number of nitrogens with zero attached hydrogens (tertiary/aromatic N) is 3. The number of benzene rings is 1. The van der Waals surface area contributed by atoms with Gasteiger partial charge in [-0.05, 0) is 30.5 Å². The molecule has 7 nitrogen and oxygen atoms in total. The molecule has 1 aliphatic heterocycles. The summed E-state index contributed by atoms with van der Waals surface area (Å²) < 4.78 is 27.8. The van der Waals surface area contributed by atoms with E-state index in [0.717, 1.165) is 4.34 Å². The Morgan fingerprint density at radius 3 is 2.90 bits per heavy atom. The Balaban J connectivity index is 1.62.